The summed E-state index contributed by atoms with van der Waals surface area (Å²) in [7, 11) is 0. The molecule has 0 spiro atoms. The summed E-state index contributed by atoms with van der Waals surface area (Å²) >= 11 is 0. The van der Waals surface area contributed by atoms with E-state index in [1.54, 1.807) is 0 Å². The summed E-state index contributed by atoms with van der Waals surface area (Å²) in [6, 6.07) is 23.4. The number of hydrogen-bond donors (Lipinski definition) is 0. The molecule has 0 bridgehead atoms. The van der Waals surface area contributed by atoms with Crippen molar-refractivity contribution in [2.24, 2.45) is 0 Å². The Hall–Kier alpha value is -4.02. The molecule has 3 aromatic carbocycles. The van der Waals surface area contributed by atoms with Crippen LogP contribution in [0, 0.1) is 24.7 Å². The predicted molar refractivity (Wildman–Crippen MR) is 154 cm³/mol. The quantitative estimate of drug-likeness (QED) is 0.130. The monoisotopic (exact) mass is 510 g/mol. The van der Waals surface area contributed by atoms with E-state index in [2.05, 4.69) is 11.8 Å². The van der Waals surface area contributed by atoms with Gasteiger partial charge in [-0.05, 0) is 75.6 Å². The van der Waals surface area contributed by atoms with Gasteiger partial charge in [-0.15, -0.1) is 12.8 Å². The molecule has 4 heteroatoms. The zero-order valence-corrected chi connectivity index (χ0v) is 22.2. The second-order valence-electron chi connectivity index (χ2n) is 8.98. The van der Waals surface area contributed by atoms with Gasteiger partial charge in [0.1, 0.15) is 23.0 Å². The van der Waals surface area contributed by atoms with Gasteiger partial charge in [-0.1, -0.05) is 48.2 Å². The SMILES string of the molecule is C#Cc1cc(OCCCCCCOc2ccccc2)c(C#C)cc1OCCCCCCOc1ccccc1. The zero-order valence-electron chi connectivity index (χ0n) is 22.2. The average Bonchev–Trinajstić information content (AvgIpc) is 2.97. The molecule has 0 aromatic heterocycles. The number of para-hydroxylation sites is 2. The van der Waals surface area contributed by atoms with E-state index in [-0.39, 0.29) is 0 Å². The van der Waals surface area contributed by atoms with E-state index in [9.17, 15) is 0 Å². The number of ether oxygens (including phenoxy) is 4. The summed E-state index contributed by atoms with van der Waals surface area (Å²) in [5.74, 6) is 8.52. The second kappa shape index (κ2) is 17.4. The van der Waals surface area contributed by atoms with Gasteiger partial charge in [0.2, 0.25) is 0 Å². The van der Waals surface area contributed by atoms with Crippen molar-refractivity contribution >= 4 is 0 Å². The molecule has 0 aliphatic carbocycles. The van der Waals surface area contributed by atoms with Gasteiger partial charge < -0.3 is 18.9 Å². The third-order valence-electron chi connectivity index (χ3n) is 6.01. The van der Waals surface area contributed by atoms with Gasteiger partial charge in [-0.25, -0.2) is 0 Å². The Morgan fingerprint density at radius 1 is 0.447 bits per heavy atom. The van der Waals surface area contributed by atoms with Gasteiger partial charge in [0.15, 0.2) is 0 Å². The van der Waals surface area contributed by atoms with Gasteiger partial charge in [0, 0.05) is 12.1 Å². The number of benzene rings is 3. The molecule has 0 fully saturated rings. The Balaban J connectivity index is 1.30. The van der Waals surface area contributed by atoms with E-state index in [4.69, 9.17) is 31.8 Å². The summed E-state index contributed by atoms with van der Waals surface area (Å²) in [6.07, 6.45) is 19.7. The third kappa shape index (κ3) is 10.5. The van der Waals surface area contributed by atoms with E-state index in [1.165, 1.54) is 0 Å². The molecule has 0 aliphatic rings. The van der Waals surface area contributed by atoms with Crippen LogP contribution in [0.15, 0.2) is 72.8 Å². The number of terminal acetylenes is 2. The Labute approximate surface area is 228 Å². The fourth-order valence-corrected chi connectivity index (χ4v) is 3.92. The van der Waals surface area contributed by atoms with Crippen LogP contribution < -0.4 is 18.9 Å². The Kier molecular flexibility index (Phi) is 13.1. The van der Waals surface area contributed by atoms with Crippen molar-refractivity contribution < 1.29 is 18.9 Å². The van der Waals surface area contributed by atoms with Crippen LogP contribution >= 0.6 is 0 Å². The van der Waals surface area contributed by atoms with Gasteiger partial charge >= 0.3 is 0 Å². The number of hydrogen-bond acceptors (Lipinski definition) is 4. The Bertz CT molecular complexity index is 1050. The normalized spacial score (nSPS) is 10.3. The molecule has 0 atom stereocenters. The highest BCUT2D eigenvalue weighted by molar-refractivity contribution is 5.57. The zero-order chi connectivity index (χ0) is 26.7. The van der Waals surface area contributed by atoms with Crippen molar-refractivity contribution in [2.45, 2.75) is 51.4 Å². The lowest BCUT2D eigenvalue weighted by Crippen LogP contribution is -2.04. The van der Waals surface area contributed by atoms with Gasteiger partial charge in [-0.3, -0.25) is 0 Å². The van der Waals surface area contributed by atoms with Crippen molar-refractivity contribution in [1.29, 1.82) is 0 Å². The van der Waals surface area contributed by atoms with E-state index < -0.39 is 0 Å². The van der Waals surface area contributed by atoms with Crippen LogP contribution in [0.5, 0.6) is 23.0 Å². The smallest absolute Gasteiger partial charge is 0.136 e. The number of rotatable bonds is 18. The van der Waals surface area contributed by atoms with Crippen LogP contribution in [0.3, 0.4) is 0 Å². The van der Waals surface area contributed by atoms with Gasteiger partial charge in [0.25, 0.3) is 0 Å². The van der Waals surface area contributed by atoms with Crippen LogP contribution in [-0.2, 0) is 0 Å². The summed E-state index contributed by atoms with van der Waals surface area (Å²) in [4.78, 5) is 0. The summed E-state index contributed by atoms with van der Waals surface area (Å²) in [5, 5.41) is 0. The highest BCUT2D eigenvalue weighted by atomic mass is 16.5. The van der Waals surface area contributed by atoms with Crippen LogP contribution in [0.25, 0.3) is 0 Å². The topological polar surface area (TPSA) is 36.9 Å². The molecule has 0 radical (unpaired) electrons. The van der Waals surface area contributed by atoms with E-state index in [0.717, 1.165) is 76.1 Å². The van der Waals surface area contributed by atoms with E-state index in [0.29, 0.717) is 35.8 Å². The molecule has 0 aliphatic heterocycles. The summed E-state index contributed by atoms with van der Waals surface area (Å²) < 4.78 is 23.4. The average molecular weight is 511 g/mol. The third-order valence-corrected chi connectivity index (χ3v) is 6.01. The maximum absolute atomic E-state index is 5.98. The first kappa shape index (κ1) is 28.5. The Morgan fingerprint density at radius 2 is 0.789 bits per heavy atom. The molecule has 38 heavy (non-hydrogen) atoms. The van der Waals surface area contributed by atoms with Crippen LogP contribution in [0.1, 0.15) is 62.5 Å². The summed E-state index contributed by atoms with van der Waals surface area (Å²) in [5.41, 5.74) is 1.32. The minimum Gasteiger partial charge on any atom is -0.494 e. The molecule has 3 aromatic rings. The molecule has 4 nitrogen and oxygen atoms in total. The fraction of sp³-hybridized carbons (Fsp3) is 0.353. The number of unbranched alkanes of at least 4 members (excludes halogenated alkanes) is 6. The first-order valence-corrected chi connectivity index (χ1v) is 13.5. The highest BCUT2D eigenvalue weighted by Gasteiger charge is 2.10. The highest BCUT2D eigenvalue weighted by Crippen LogP contribution is 2.29. The molecule has 0 saturated heterocycles. The molecule has 198 valence electrons. The van der Waals surface area contributed by atoms with Crippen molar-refractivity contribution in [1.82, 2.24) is 0 Å². The second-order valence-corrected chi connectivity index (χ2v) is 8.98. The first-order valence-electron chi connectivity index (χ1n) is 13.5. The largest absolute Gasteiger partial charge is 0.494 e. The minimum atomic E-state index is 0.590. The lowest BCUT2D eigenvalue weighted by Gasteiger charge is -2.13. The lowest BCUT2D eigenvalue weighted by molar-refractivity contribution is 0.283. The van der Waals surface area contributed by atoms with Crippen LogP contribution in [0.2, 0.25) is 0 Å². The van der Waals surface area contributed by atoms with Crippen molar-refractivity contribution in [3.63, 3.8) is 0 Å². The Morgan fingerprint density at radius 3 is 1.13 bits per heavy atom. The van der Waals surface area contributed by atoms with Crippen LogP contribution in [-0.4, -0.2) is 26.4 Å². The molecule has 3 rings (SSSR count). The van der Waals surface area contributed by atoms with E-state index in [1.807, 2.05) is 72.8 Å². The fourth-order valence-electron chi connectivity index (χ4n) is 3.92. The van der Waals surface area contributed by atoms with Crippen molar-refractivity contribution in [2.75, 3.05) is 26.4 Å². The predicted octanol–water partition coefficient (Wildman–Crippen LogP) is 7.69. The standard InChI is InChI=1S/C34H38O4/c1-3-29-27-34(38-26-18-8-6-16-24-36-32-21-13-10-14-22-32)30(4-2)28-33(29)37-25-17-7-5-15-23-35-31-19-11-9-12-20-31/h1-2,9-14,19-22,27-28H,5-8,15-18,23-26H2. The maximum Gasteiger partial charge on any atom is 0.136 e. The molecule has 0 unspecified atom stereocenters. The molecule has 0 heterocycles. The van der Waals surface area contributed by atoms with Crippen molar-refractivity contribution in [3.05, 3.63) is 83.9 Å². The molecular formula is C34H38O4. The lowest BCUT2D eigenvalue weighted by atomic mass is 10.1. The van der Waals surface area contributed by atoms with Gasteiger partial charge in [-0.2, -0.15) is 0 Å². The summed E-state index contributed by atoms with van der Waals surface area (Å²) in [6.45, 7) is 2.63. The molecule has 0 amide bonds. The molecular weight excluding hydrogens is 472 g/mol. The van der Waals surface area contributed by atoms with E-state index >= 15 is 0 Å². The van der Waals surface area contributed by atoms with Crippen molar-refractivity contribution in [3.8, 4) is 47.7 Å². The molecule has 0 saturated carbocycles. The first-order chi connectivity index (χ1) is 18.8. The maximum atomic E-state index is 5.98. The van der Waals surface area contributed by atoms with Gasteiger partial charge in [0.05, 0.1) is 37.6 Å². The minimum absolute atomic E-state index is 0.590. The van der Waals surface area contributed by atoms with Crippen LogP contribution in [0.4, 0.5) is 0 Å². The molecule has 0 N–H and O–H groups in total.